The van der Waals surface area contributed by atoms with Gasteiger partial charge in [0, 0.05) is 6.42 Å². The number of halogens is 1. The summed E-state index contributed by atoms with van der Waals surface area (Å²) < 4.78 is 0. The third-order valence-electron chi connectivity index (χ3n) is 2.08. The number of carbonyl (C=O) groups is 1. The third kappa shape index (κ3) is 3.31. The van der Waals surface area contributed by atoms with Crippen molar-refractivity contribution in [2.75, 3.05) is 5.33 Å². The Balaban J connectivity index is 2.54. The van der Waals surface area contributed by atoms with Gasteiger partial charge in [0.2, 0.25) is 0 Å². The Morgan fingerprint density at radius 1 is 1.38 bits per heavy atom. The van der Waals surface area contributed by atoms with E-state index in [1.54, 1.807) is 0 Å². The normalized spacial score (nSPS) is 10.0. The summed E-state index contributed by atoms with van der Waals surface area (Å²) in [5.41, 5.74) is 2.54. The number of aryl methyl sites for hydroxylation is 2. The molecule has 2 heteroatoms. The standard InChI is InChI=1S/C11H13BrO/c1-9-4-2-3-5-10(9)6-7-11(13)8-12/h2-5H,6-8H2,1H3. The molecule has 0 fully saturated rings. The minimum Gasteiger partial charge on any atom is -0.299 e. The number of hydrogen-bond donors (Lipinski definition) is 0. The molecule has 0 saturated carbocycles. The molecule has 0 aliphatic heterocycles. The van der Waals surface area contributed by atoms with Gasteiger partial charge in [0.15, 0.2) is 0 Å². The summed E-state index contributed by atoms with van der Waals surface area (Å²) in [5, 5.41) is 0.471. The van der Waals surface area contributed by atoms with Gasteiger partial charge < -0.3 is 0 Å². The Morgan fingerprint density at radius 2 is 2.08 bits per heavy atom. The lowest BCUT2D eigenvalue weighted by Crippen LogP contribution is -2.01. The van der Waals surface area contributed by atoms with Gasteiger partial charge in [-0.1, -0.05) is 40.2 Å². The first kappa shape index (κ1) is 10.5. The van der Waals surface area contributed by atoms with Crippen LogP contribution in [0.25, 0.3) is 0 Å². The number of hydrogen-bond acceptors (Lipinski definition) is 1. The fourth-order valence-corrected chi connectivity index (χ4v) is 1.51. The van der Waals surface area contributed by atoms with Gasteiger partial charge in [-0.3, -0.25) is 4.79 Å². The Bertz CT molecular complexity index is 294. The number of rotatable bonds is 4. The van der Waals surface area contributed by atoms with Crippen molar-refractivity contribution in [3.63, 3.8) is 0 Å². The van der Waals surface area contributed by atoms with Gasteiger partial charge in [-0.25, -0.2) is 0 Å². The molecule has 0 amide bonds. The van der Waals surface area contributed by atoms with Crippen LogP contribution in [0.15, 0.2) is 24.3 Å². The maximum atomic E-state index is 11.0. The first-order valence-electron chi connectivity index (χ1n) is 4.36. The Morgan fingerprint density at radius 3 is 2.69 bits per heavy atom. The van der Waals surface area contributed by atoms with Crippen LogP contribution in [-0.4, -0.2) is 11.1 Å². The summed E-state index contributed by atoms with van der Waals surface area (Å²) in [6.07, 6.45) is 1.49. The van der Waals surface area contributed by atoms with E-state index in [-0.39, 0.29) is 5.78 Å². The quantitative estimate of drug-likeness (QED) is 0.741. The van der Waals surface area contributed by atoms with Crippen molar-refractivity contribution in [2.24, 2.45) is 0 Å². The molecule has 1 aromatic rings. The molecular formula is C11H13BrO. The summed E-state index contributed by atoms with van der Waals surface area (Å²) in [4.78, 5) is 11.0. The monoisotopic (exact) mass is 240 g/mol. The zero-order valence-corrected chi connectivity index (χ0v) is 9.30. The highest BCUT2D eigenvalue weighted by Crippen LogP contribution is 2.09. The van der Waals surface area contributed by atoms with Crippen LogP contribution >= 0.6 is 15.9 Å². The van der Waals surface area contributed by atoms with Crippen molar-refractivity contribution in [3.05, 3.63) is 35.4 Å². The lowest BCUT2D eigenvalue weighted by Gasteiger charge is -2.03. The third-order valence-corrected chi connectivity index (χ3v) is 2.71. The minimum absolute atomic E-state index is 0.267. The molecule has 0 atom stereocenters. The van der Waals surface area contributed by atoms with E-state index >= 15 is 0 Å². The summed E-state index contributed by atoms with van der Waals surface area (Å²) in [6.45, 7) is 2.08. The number of ketones is 1. The van der Waals surface area contributed by atoms with Crippen LogP contribution in [-0.2, 0) is 11.2 Å². The van der Waals surface area contributed by atoms with Crippen LogP contribution < -0.4 is 0 Å². The van der Waals surface area contributed by atoms with E-state index in [4.69, 9.17) is 0 Å². The van der Waals surface area contributed by atoms with Gasteiger partial charge in [0.1, 0.15) is 5.78 Å². The van der Waals surface area contributed by atoms with Crippen LogP contribution in [0.2, 0.25) is 0 Å². The lowest BCUT2D eigenvalue weighted by atomic mass is 10.0. The van der Waals surface area contributed by atoms with E-state index in [0.717, 1.165) is 6.42 Å². The zero-order chi connectivity index (χ0) is 9.68. The molecule has 0 heterocycles. The summed E-state index contributed by atoms with van der Waals surface area (Å²) >= 11 is 3.16. The minimum atomic E-state index is 0.267. The molecule has 0 bridgehead atoms. The molecule has 0 radical (unpaired) electrons. The molecule has 1 aromatic carbocycles. The van der Waals surface area contributed by atoms with Gasteiger partial charge in [-0.2, -0.15) is 0 Å². The van der Waals surface area contributed by atoms with E-state index in [0.29, 0.717) is 11.8 Å². The molecule has 0 aromatic heterocycles. The average Bonchev–Trinajstić information content (AvgIpc) is 2.16. The average molecular weight is 241 g/mol. The predicted octanol–water partition coefficient (Wildman–Crippen LogP) is 2.89. The highest BCUT2D eigenvalue weighted by molar-refractivity contribution is 9.09. The van der Waals surface area contributed by atoms with E-state index in [1.807, 2.05) is 12.1 Å². The molecule has 13 heavy (non-hydrogen) atoms. The van der Waals surface area contributed by atoms with Crippen LogP contribution in [0.5, 0.6) is 0 Å². The Kier molecular flexibility index (Phi) is 4.16. The summed E-state index contributed by atoms with van der Waals surface area (Å²) in [6, 6.07) is 8.19. The Labute approximate surface area is 87.3 Å². The molecule has 0 N–H and O–H groups in total. The van der Waals surface area contributed by atoms with Crippen LogP contribution in [0.3, 0.4) is 0 Å². The first-order chi connectivity index (χ1) is 6.24. The number of alkyl halides is 1. The van der Waals surface area contributed by atoms with Crippen molar-refractivity contribution >= 4 is 21.7 Å². The molecule has 0 aliphatic rings. The fourth-order valence-electron chi connectivity index (χ4n) is 1.23. The number of benzene rings is 1. The maximum Gasteiger partial charge on any atom is 0.143 e. The largest absolute Gasteiger partial charge is 0.299 e. The molecule has 0 saturated heterocycles. The molecule has 0 spiro atoms. The van der Waals surface area contributed by atoms with Gasteiger partial charge in [0.05, 0.1) is 5.33 Å². The van der Waals surface area contributed by atoms with E-state index in [1.165, 1.54) is 11.1 Å². The highest BCUT2D eigenvalue weighted by atomic mass is 79.9. The predicted molar refractivity (Wildman–Crippen MR) is 58.3 cm³/mol. The van der Waals surface area contributed by atoms with Gasteiger partial charge >= 0.3 is 0 Å². The highest BCUT2D eigenvalue weighted by Gasteiger charge is 2.01. The molecule has 0 aliphatic carbocycles. The van der Waals surface area contributed by atoms with E-state index in [2.05, 4.69) is 35.0 Å². The SMILES string of the molecule is Cc1ccccc1CCC(=O)CBr. The zero-order valence-electron chi connectivity index (χ0n) is 7.72. The molecule has 70 valence electrons. The van der Waals surface area contributed by atoms with Gasteiger partial charge in [-0.15, -0.1) is 0 Å². The van der Waals surface area contributed by atoms with Gasteiger partial charge in [0.25, 0.3) is 0 Å². The van der Waals surface area contributed by atoms with Crippen molar-refractivity contribution in [3.8, 4) is 0 Å². The van der Waals surface area contributed by atoms with Crippen LogP contribution in [0.4, 0.5) is 0 Å². The second kappa shape index (κ2) is 5.18. The van der Waals surface area contributed by atoms with Crippen molar-refractivity contribution in [2.45, 2.75) is 19.8 Å². The van der Waals surface area contributed by atoms with Crippen molar-refractivity contribution in [1.29, 1.82) is 0 Å². The lowest BCUT2D eigenvalue weighted by molar-refractivity contribution is -0.116. The second-order valence-electron chi connectivity index (χ2n) is 3.10. The number of carbonyl (C=O) groups excluding carboxylic acids is 1. The molecule has 0 unspecified atom stereocenters. The summed E-state index contributed by atoms with van der Waals surface area (Å²) in [7, 11) is 0. The second-order valence-corrected chi connectivity index (χ2v) is 3.66. The van der Waals surface area contributed by atoms with E-state index in [9.17, 15) is 4.79 Å². The summed E-state index contributed by atoms with van der Waals surface area (Å²) in [5.74, 6) is 0.267. The topological polar surface area (TPSA) is 17.1 Å². The molecule has 1 nitrogen and oxygen atoms in total. The number of Topliss-reactive ketones (excluding diaryl/α,β-unsaturated/α-hetero) is 1. The molecular weight excluding hydrogens is 228 g/mol. The molecule has 1 rings (SSSR count). The van der Waals surface area contributed by atoms with E-state index < -0.39 is 0 Å². The van der Waals surface area contributed by atoms with Gasteiger partial charge in [-0.05, 0) is 24.5 Å². The maximum absolute atomic E-state index is 11.0. The van der Waals surface area contributed by atoms with Crippen molar-refractivity contribution < 1.29 is 4.79 Å². The first-order valence-corrected chi connectivity index (χ1v) is 5.48. The Hall–Kier alpha value is -0.630. The fraction of sp³-hybridized carbons (Fsp3) is 0.364. The smallest absolute Gasteiger partial charge is 0.143 e. The van der Waals surface area contributed by atoms with Crippen molar-refractivity contribution in [1.82, 2.24) is 0 Å². The van der Waals surface area contributed by atoms with Crippen LogP contribution in [0.1, 0.15) is 17.5 Å². The van der Waals surface area contributed by atoms with Crippen LogP contribution in [0, 0.1) is 6.92 Å².